The lowest BCUT2D eigenvalue weighted by atomic mass is 10.2. The van der Waals surface area contributed by atoms with Crippen LogP contribution in [0.1, 0.15) is 6.42 Å². The molecule has 1 heterocycles. The third kappa shape index (κ3) is 4.40. The minimum absolute atomic E-state index is 0.0837. The lowest BCUT2D eigenvalue weighted by Gasteiger charge is -2.22. The molecule has 2 aromatic carbocycles. The van der Waals surface area contributed by atoms with Crippen molar-refractivity contribution in [2.45, 2.75) is 6.42 Å². The molecular weight excluding hydrogens is 369 g/mol. The Morgan fingerprint density at radius 1 is 1.11 bits per heavy atom. The number of aromatic nitrogens is 1. The maximum Gasteiger partial charge on any atom is 0.232 e. The number of fused-ring (bicyclic) bond motifs is 1. The predicted molar refractivity (Wildman–Crippen MR) is 104 cm³/mol. The van der Waals surface area contributed by atoms with Gasteiger partial charge in [0.1, 0.15) is 5.82 Å². The van der Waals surface area contributed by atoms with E-state index in [1.165, 1.54) is 18.2 Å². The Labute approximate surface area is 156 Å². The Balaban J connectivity index is 1.76. The Morgan fingerprint density at radius 2 is 1.85 bits per heavy atom. The summed E-state index contributed by atoms with van der Waals surface area (Å²) in [6.07, 6.45) is 2.47. The van der Waals surface area contributed by atoms with Crippen LogP contribution in [0.25, 0.3) is 10.9 Å². The molecule has 1 aromatic heterocycles. The minimum Gasteiger partial charge on any atom is -0.324 e. The number of rotatable bonds is 6. The van der Waals surface area contributed by atoms with Crippen molar-refractivity contribution in [3.05, 3.63) is 66.6 Å². The minimum atomic E-state index is -3.74. The second-order valence-corrected chi connectivity index (χ2v) is 7.87. The van der Waals surface area contributed by atoms with Crippen molar-refractivity contribution >= 4 is 38.2 Å². The van der Waals surface area contributed by atoms with Crippen LogP contribution in [0.15, 0.2) is 60.8 Å². The number of carbonyl (C=O) groups is 1. The summed E-state index contributed by atoms with van der Waals surface area (Å²) in [4.78, 5) is 16.6. The predicted octanol–water partition coefficient (Wildman–Crippen LogP) is 3.17. The van der Waals surface area contributed by atoms with Crippen LogP contribution in [0.5, 0.6) is 0 Å². The summed E-state index contributed by atoms with van der Waals surface area (Å²) in [6, 6.07) is 14.6. The highest BCUT2D eigenvalue weighted by molar-refractivity contribution is 7.92. The van der Waals surface area contributed by atoms with Crippen LogP contribution < -0.4 is 9.62 Å². The van der Waals surface area contributed by atoms with E-state index in [2.05, 4.69) is 10.3 Å². The van der Waals surface area contributed by atoms with Crippen molar-refractivity contribution in [2.24, 2.45) is 0 Å². The Kier molecular flexibility index (Phi) is 5.36. The van der Waals surface area contributed by atoms with Gasteiger partial charge in [-0.15, -0.1) is 0 Å². The van der Waals surface area contributed by atoms with Crippen molar-refractivity contribution < 1.29 is 17.6 Å². The molecule has 8 heteroatoms. The van der Waals surface area contributed by atoms with E-state index < -0.39 is 21.7 Å². The largest absolute Gasteiger partial charge is 0.324 e. The lowest BCUT2D eigenvalue weighted by Crippen LogP contribution is -2.33. The molecule has 27 heavy (non-hydrogen) atoms. The van der Waals surface area contributed by atoms with Gasteiger partial charge in [0.15, 0.2) is 0 Å². The van der Waals surface area contributed by atoms with Gasteiger partial charge in [0.25, 0.3) is 0 Å². The summed E-state index contributed by atoms with van der Waals surface area (Å²) in [5, 5.41) is 3.62. The number of nitrogens with zero attached hydrogens (tertiary/aromatic N) is 2. The van der Waals surface area contributed by atoms with Crippen LogP contribution in [-0.4, -0.2) is 32.1 Å². The van der Waals surface area contributed by atoms with Crippen LogP contribution in [0, 0.1) is 5.82 Å². The number of sulfonamides is 1. The monoisotopic (exact) mass is 387 g/mol. The van der Waals surface area contributed by atoms with Gasteiger partial charge in [0.2, 0.25) is 15.9 Å². The molecule has 0 spiro atoms. The van der Waals surface area contributed by atoms with Crippen molar-refractivity contribution in [2.75, 3.05) is 22.4 Å². The van der Waals surface area contributed by atoms with E-state index in [0.717, 1.165) is 15.9 Å². The van der Waals surface area contributed by atoms with Crippen LogP contribution in [0.4, 0.5) is 15.8 Å². The van der Waals surface area contributed by atoms with Crippen LogP contribution in [-0.2, 0) is 14.8 Å². The fourth-order valence-corrected chi connectivity index (χ4v) is 3.67. The molecule has 1 amide bonds. The van der Waals surface area contributed by atoms with Gasteiger partial charge >= 0.3 is 0 Å². The standard InChI is InChI=1S/C19H18FN3O3S/c1-27(25,26)23(17-10-3-2-8-15(17)20)13-11-18(24)22-16-9-4-6-14-7-5-12-21-19(14)16/h2-10,12H,11,13H2,1H3,(H,22,24). The quantitative estimate of drug-likeness (QED) is 0.705. The SMILES string of the molecule is CS(=O)(=O)N(CCC(=O)Nc1cccc2cccnc12)c1ccccc1F. The Morgan fingerprint density at radius 3 is 2.59 bits per heavy atom. The van der Waals surface area contributed by atoms with Gasteiger partial charge in [-0.3, -0.25) is 14.1 Å². The fourth-order valence-electron chi connectivity index (χ4n) is 2.74. The Bertz CT molecular complexity index is 1080. The molecule has 0 radical (unpaired) electrons. The molecule has 0 fully saturated rings. The van der Waals surface area contributed by atoms with Gasteiger partial charge in [-0.1, -0.05) is 30.3 Å². The number of benzene rings is 2. The molecule has 0 saturated heterocycles. The first-order valence-corrected chi connectivity index (χ1v) is 10.1. The van der Waals surface area contributed by atoms with Gasteiger partial charge in [-0.2, -0.15) is 0 Å². The number of anilines is 2. The van der Waals surface area contributed by atoms with E-state index in [9.17, 15) is 17.6 Å². The molecule has 0 atom stereocenters. The second kappa shape index (κ2) is 7.71. The van der Waals surface area contributed by atoms with E-state index >= 15 is 0 Å². The fraction of sp³-hybridized carbons (Fsp3) is 0.158. The highest BCUT2D eigenvalue weighted by Crippen LogP contribution is 2.23. The molecule has 0 saturated carbocycles. The van der Waals surface area contributed by atoms with Gasteiger partial charge in [-0.05, 0) is 24.3 Å². The van der Waals surface area contributed by atoms with Crippen molar-refractivity contribution in [1.82, 2.24) is 4.98 Å². The molecule has 3 rings (SSSR count). The van der Waals surface area contributed by atoms with Gasteiger partial charge in [0, 0.05) is 24.5 Å². The molecule has 3 aromatic rings. The summed E-state index contributed by atoms with van der Waals surface area (Å²) in [7, 11) is -3.74. The zero-order valence-corrected chi connectivity index (χ0v) is 15.4. The van der Waals surface area contributed by atoms with Crippen LogP contribution in [0.2, 0.25) is 0 Å². The number of carbonyl (C=O) groups excluding carboxylic acids is 1. The number of nitrogens with one attached hydrogen (secondary N) is 1. The summed E-state index contributed by atoms with van der Waals surface area (Å²) in [5.41, 5.74) is 1.09. The van der Waals surface area contributed by atoms with Crippen molar-refractivity contribution in [3.63, 3.8) is 0 Å². The molecule has 6 nitrogen and oxygen atoms in total. The number of halogens is 1. The number of para-hydroxylation sites is 2. The summed E-state index contributed by atoms with van der Waals surface area (Å²) >= 11 is 0. The van der Waals surface area contributed by atoms with Gasteiger partial charge < -0.3 is 5.32 Å². The molecule has 1 N–H and O–H groups in total. The maximum absolute atomic E-state index is 14.0. The first-order chi connectivity index (χ1) is 12.9. The number of hydrogen-bond acceptors (Lipinski definition) is 4. The number of hydrogen-bond donors (Lipinski definition) is 1. The van der Waals surface area contributed by atoms with Crippen molar-refractivity contribution in [3.8, 4) is 0 Å². The topological polar surface area (TPSA) is 79.4 Å². The highest BCUT2D eigenvalue weighted by atomic mass is 32.2. The zero-order chi connectivity index (χ0) is 19.4. The molecule has 0 aliphatic heterocycles. The maximum atomic E-state index is 14.0. The molecule has 0 aliphatic rings. The average molecular weight is 387 g/mol. The Hall–Kier alpha value is -3.00. The zero-order valence-electron chi connectivity index (χ0n) is 14.6. The third-order valence-electron chi connectivity index (χ3n) is 3.97. The van der Waals surface area contributed by atoms with Crippen molar-refractivity contribution in [1.29, 1.82) is 0 Å². The molecular formula is C19H18FN3O3S. The molecule has 140 valence electrons. The summed E-state index contributed by atoms with van der Waals surface area (Å²) in [6.45, 7) is -0.177. The average Bonchev–Trinajstić information content (AvgIpc) is 2.62. The summed E-state index contributed by atoms with van der Waals surface area (Å²) < 4.78 is 39.0. The third-order valence-corrected chi connectivity index (χ3v) is 5.15. The van der Waals surface area contributed by atoms with Crippen LogP contribution >= 0.6 is 0 Å². The first-order valence-electron chi connectivity index (χ1n) is 8.22. The first kappa shape index (κ1) is 18.8. The van der Waals surface area contributed by atoms with E-state index in [1.807, 2.05) is 12.1 Å². The van der Waals surface area contributed by atoms with E-state index in [1.54, 1.807) is 30.5 Å². The molecule has 0 aliphatic carbocycles. The smallest absolute Gasteiger partial charge is 0.232 e. The van der Waals surface area contributed by atoms with E-state index in [-0.39, 0.29) is 18.7 Å². The second-order valence-electron chi connectivity index (χ2n) is 5.97. The van der Waals surface area contributed by atoms with Gasteiger partial charge in [-0.25, -0.2) is 12.8 Å². The molecule has 0 unspecified atom stereocenters. The normalized spacial score (nSPS) is 11.3. The lowest BCUT2D eigenvalue weighted by molar-refractivity contribution is -0.116. The van der Waals surface area contributed by atoms with E-state index in [0.29, 0.717) is 11.2 Å². The highest BCUT2D eigenvalue weighted by Gasteiger charge is 2.21. The molecule has 0 bridgehead atoms. The van der Waals surface area contributed by atoms with Gasteiger partial charge in [0.05, 0.1) is 23.1 Å². The van der Waals surface area contributed by atoms with E-state index in [4.69, 9.17) is 0 Å². The van der Waals surface area contributed by atoms with Crippen LogP contribution in [0.3, 0.4) is 0 Å². The summed E-state index contributed by atoms with van der Waals surface area (Å²) in [5.74, 6) is -1.06. The number of pyridine rings is 1. The number of amides is 1.